The van der Waals surface area contributed by atoms with Gasteiger partial charge in [-0.05, 0) is 62.7 Å². The number of amides is 1. The highest BCUT2D eigenvalue weighted by molar-refractivity contribution is 6.04. The first-order valence-corrected chi connectivity index (χ1v) is 7.32. The summed E-state index contributed by atoms with van der Waals surface area (Å²) >= 11 is 0. The van der Waals surface area contributed by atoms with E-state index >= 15 is 0 Å². The van der Waals surface area contributed by atoms with Crippen LogP contribution in [-0.2, 0) is 0 Å². The second kappa shape index (κ2) is 7.09. The molecule has 0 heterocycles. The lowest BCUT2D eigenvalue weighted by atomic mass is 10.1. The molecular formula is C18H21NO3. The standard InChI is InChI=1S/C18H21NO3/c1-12(2)22-17-10-6-15(7-11-17)18(21)19-16-8-4-14(5-9-16)13(3)20/h4-13,20H,1-3H3,(H,19,21)/t13-/m0/s1. The first-order chi connectivity index (χ1) is 10.5. The third kappa shape index (κ3) is 4.33. The topological polar surface area (TPSA) is 58.6 Å². The van der Waals surface area contributed by atoms with E-state index in [4.69, 9.17) is 4.74 Å². The number of anilines is 1. The zero-order chi connectivity index (χ0) is 16.1. The summed E-state index contributed by atoms with van der Waals surface area (Å²) in [7, 11) is 0. The maximum Gasteiger partial charge on any atom is 0.255 e. The smallest absolute Gasteiger partial charge is 0.255 e. The number of carbonyl (C=O) groups excluding carboxylic acids is 1. The molecule has 0 aromatic heterocycles. The Balaban J connectivity index is 2.02. The number of hydrogen-bond acceptors (Lipinski definition) is 3. The average molecular weight is 299 g/mol. The lowest BCUT2D eigenvalue weighted by Gasteiger charge is -2.11. The molecule has 0 saturated heterocycles. The third-order valence-electron chi connectivity index (χ3n) is 3.14. The number of rotatable bonds is 5. The largest absolute Gasteiger partial charge is 0.491 e. The van der Waals surface area contributed by atoms with E-state index < -0.39 is 6.10 Å². The van der Waals surface area contributed by atoms with Crippen molar-refractivity contribution in [2.45, 2.75) is 33.0 Å². The Morgan fingerprint density at radius 2 is 1.59 bits per heavy atom. The summed E-state index contributed by atoms with van der Waals surface area (Å²) < 4.78 is 5.55. The number of aliphatic hydroxyl groups is 1. The summed E-state index contributed by atoms with van der Waals surface area (Å²) in [6.45, 7) is 5.61. The van der Waals surface area contributed by atoms with Crippen LogP contribution >= 0.6 is 0 Å². The molecule has 116 valence electrons. The van der Waals surface area contributed by atoms with Gasteiger partial charge in [-0.15, -0.1) is 0 Å². The molecule has 0 saturated carbocycles. The molecule has 22 heavy (non-hydrogen) atoms. The van der Waals surface area contributed by atoms with Gasteiger partial charge in [-0.3, -0.25) is 4.79 Å². The second-order valence-corrected chi connectivity index (χ2v) is 5.44. The van der Waals surface area contributed by atoms with Crippen LogP contribution in [0.2, 0.25) is 0 Å². The molecule has 1 amide bonds. The van der Waals surface area contributed by atoms with Gasteiger partial charge in [0.15, 0.2) is 0 Å². The predicted octanol–water partition coefficient (Wildman–Crippen LogP) is 3.78. The molecule has 0 fully saturated rings. The fraction of sp³-hybridized carbons (Fsp3) is 0.278. The Morgan fingerprint density at radius 3 is 2.09 bits per heavy atom. The van der Waals surface area contributed by atoms with E-state index in [0.29, 0.717) is 11.3 Å². The van der Waals surface area contributed by atoms with Crippen molar-refractivity contribution in [1.82, 2.24) is 0 Å². The highest BCUT2D eigenvalue weighted by Crippen LogP contribution is 2.18. The number of ether oxygens (including phenoxy) is 1. The van der Waals surface area contributed by atoms with Gasteiger partial charge >= 0.3 is 0 Å². The van der Waals surface area contributed by atoms with Gasteiger partial charge in [0.05, 0.1) is 12.2 Å². The fourth-order valence-corrected chi connectivity index (χ4v) is 2.01. The van der Waals surface area contributed by atoms with E-state index in [1.54, 1.807) is 55.5 Å². The number of aliphatic hydroxyl groups excluding tert-OH is 1. The van der Waals surface area contributed by atoms with Crippen molar-refractivity contribution in [3.8, 4) is 5.75 Å². The Morgan fingerprint density at radius 1 is 1.00 bits per heavy atom. The quantitative estimate of drug-likeness (QED) is 0.883. The Kier molecular flexibility index (Phi) is 5.17. The lowest BCUT2D eigenvalue weighted by Crippen LogP contribution is -2.12. The normalized spacial score (nSPS) is 12.0. The van der Waals surface area contributed by atoms with Gasteiger partial charge in [0, 0.05) is 11.3 Å². The second-order valence-electron chi connectivity index (χ2n) is 5.44. The molecule has 1 atom stereocenters. The molecule has 4 heteroatoms. The van der Waals surface area contributed by atoms with Gasteiger partial charge in [0.1, 0.15) is 5.75 Å². The van der Waals surface area contributed by atoms with Crippen LogP contribution in [0.4, 0.5) is 5.69 Å². The van der Waals surface area contributed by atoms with E-state index in [0.717, 1.165) is 11.3 Å². The van der Waals surface area contributed by atoms with E-state index in [1.165, 1.54) is 0 Å². The minimum atomic E-state index is -0.516. The molecule has 0 aliphatic rings. The Bertz CT molecular complexity index is 616. The molecule has 2 aromatic rings. The molecule has 0 radical (unpaired) electrons. The number of nitrogens with one attached hydrogen (secondary N) is 1. The number of hydrogen-bond donors (Lipinski definition) is 2. The summed E-state index contributed by atoms with van der Waals surface area (Å²) in [6.07, 6.45) is -0.412. The molecule has 0 spiro atoms. The number of carbonyl (C=O) groups is 1. The minimum Gasteiger partial charge on any atom is -0.491 e. The predicted molar refractivity (Wildman–Crippen MR) is 87.2 cm³/mol. The van der Waals surface area contributed by atoms with Gasteiger partial charge in [0.25, 0.3) is 5.91 Å². The van der Waals surface area contributed by atoms with Gasteiger partial charge in [0.2, 0.25) is 0 Å². The highest BCUT2D eigenvalue weighted by Gasteiger charge is 2.07. The van der Waals surface area contributed by atoms with Crippen LogP contribution in [0.5, 0.6) is 5.75 Å². The molecule has 0 bridgehead atoms. The van der Waals surface area contributed by atoms with Gasteiger partial charge in [-0.1, -0.05) is 12.1 Å². The van der Waals surface area contributed by atoms with Crippen molar-refractivity contribution in [2.75, 3.05) is 5.32 Å². The third-order valence-corrected chi connectivity index (χ3v) is 3.14. The molecule has 4 nitrogen and oxygen atoms in total. The van der Waals surface area contributed by atoms with Crippen molar-refractivity contribution in [2.24, 2.45) is 0 Å². The molecular weight excluding hydrogens is 278 g/mol. The van der Waals surface area contributed by atoms with Gasteiger partial charge < -0.3 is 15.2 Å². The summed E-state index contributed by atoms with van der Waals surface area (Å²) in [5.74, 6) is 0.564. The monoisotopic (exact) mass is 299 g/mol. The zero-order valence-corrected chi connectivity index (χ0v) is 13.0. The van der Waals surface area contributed by atoms with Crippen LogP contribution in [0, 0.1) is 0 Å². The fourth-order valence-electron chi connectivity index (χ4n) is 2.01. The van der Waals surface area contributed by atoms with Crippen LogP contribution in [0.15, 0.2) is 48.5 Å². The van der Waals surface area contributed by atoms with E-state index in [2.05, 4.69) is 5.32 Å². The zero-order valence-electron chi connectivity index (χ0n) is 13.0. The maximum absolute atomic E-state index is 12.2. The average Bonchev–Trinajstić information content (AvgIpc) is 2.48. The minimum absolute atomic E-state index is 0.104. The molecule has 0 aliphatic carbocycles. The first kappa shape index (κ1) is 16.0. The van der Waals surface area contributed by atoms with Gasteiger partial charge in [-0.25, -0.2) is 0 Å². The highest BCUT2D eigenvalue weighted by atomic mass is 16.5. The summed E-state index contributed by atoms with van der Waals surface area (Å²) in [5.41, 5.74) is 2.07. The van der Waals surface area contributed by atoms with Crippen molar-refractivity contribution >= 4 is 11.6 Å². The van der Waals surface area contributed by atoms with Crippen LogP contribution in [-0.4, -0.2) is 17.1 Å². The molecule has 2 rings (SSSR count). The lowest BCUT2D eigenvalue weighted by molar-refractivity contribution is 0.102. The van der Waals surface area contributed by atoms with Crippen molar-refractivity contribution < 1.29 is 14.6 Å². The van der Waals surface area contributed by atoms with Crippen LogP contribution in [0.1, 0.15) is 42.8 Å². The van der Waals surface area contributed by atoms with Crippen molar-refractivity contribution in [3.63, 3.8) is 0 Å². The Hall–Kier alpha value is -2.33. The molecule has 2 N–H and O–H groups in total. The molecule has 0 unspecified atom stereocenters. The van der Waals surface area contributed by atoms with Crippen LogP contribution in [0.25, 0.3) is 0 Å². The van der Waals surface area contributed by atoms with Crippen molar-refractivity contribution in [3.05, 3.63) is 59.7 Å². The van der Waals surface area contributed by atoms with Crippen LogP contribution < -0.4 is 10.1 Å². The number of benzene rings is 2. The van der Waals surface area contributed by atoms with E-state index in [-0.39, 0.29) is 12.0 Å². The van der Waals surface area contributed by atoms with E-state index in [9.17, 15) is 9.90 Å². The molecule has 0 aliphatic heterocycles. The maximum atomic E-state index is 12.2. The Labute approximate surface area is 130 Å². The SMILES string of the molecule is CC(C)Oc1ccc(C(=O)Nc2ccc([C@H](C)O)cc2)cc1. The van der Waals surface area contributed by atoms with E-state index in [1.807, 2.05) is 13.8 Å². The van der Waals surface area contributed by atoms with Crippen LogP contribution in [0.3, 0.4) is 0 Å². The summed E-state index contributed by atoms with van der Waals surface area (Å²) in [4.78, 5) is 12.2. The van der Waals surface area contributed by atoms with Gasteiger partial charge in [-0.2, -0.15) is 0 Å². The van der Waals surface area contributed by atoms with Crippen molar-refractivity contribution in [1.29, 1.82) is 0 Å². The summed E-state index contributed by atoms with van der Waals surface area (Å²) in [6, 6.07) is 14.2. The summed E-state index contributed by atoms with van der Waals surface area (Å²) in [5, 5.41) is 12.3. The first-order valence-electron chi connectivity index (χ1n) is 7.32. The molecule has 2 aromatic carbocycles.